The molecule has 0 saturated carbocycles. The van der Waals surface area contributed by atoms with E-state index in [1.807, 2.05) is 61.7 Å². The van der Waals surface area contributed by atoms with Crippen molar-refractivity contribution < 1.29 is 9.53 Å². The zero-order valence-electron chi connectivity index (χ0n) is 19.1. The molecule has 0 radical (unpaired) electrons. The van der Waals surface area contributed by atoms with Gasteiger partial charge in [0.15, 0.2) is 5.16 Å². The number of carbonyl (C=O) groups excluding carboxylic acids is 1. The number of imidazole rings is 1. The topological polar surface area (TPSA) is 69.0 Å². The average Bonchev–Trinajstić information content (AvgIpc) is 3.20. The monoisotopic (exact) mass is 460 g/mol. The van der Waals surface area contributed by atoms with E-state index in [0.29, 0.717) is 12.1 Å². The average molecular weight is 461 g/mol. The highest BCUT2D eigenvalue weighted by Gasteiger charge is 2.13. The quantitative estimate of drug-likeness (QED) is 0.343. The molecule has 0 spiro atoms. The Bertz CT molecular complexity index is 1240. The predicted octanol–water partition coefficient (Wildman–Crippen LogP) is 5.31. The molecular weight excluding hydrogens is 432 g/mol. The molecule has 7 heteroatoms. The van der Waals surface area contributed by atoms with Gasteiger partial charge < -0.3 is 14.6 Å². The molecule has 1 atom stereocenters. The molecule has 2 aromatic heterocycles. The molecule has 0 aliphatic rings. The van der Waals surface area contributed by atoms with Crippen LogP contribution in [0.15, 0.2) is 72.1 Å². The summed E-state index contributed by atoms with van der Waals surface area (Å²) in [7, 11) is 1.68. The van der Waals surface area contributed by atoms with Crippen LogP contribution in [0.1, 0.15) is 41.8 Å². The van der Waals surface area contributed by atoms with Crippen LogP contribution in [0, 0.1) is 0 Å². The second-order valence-corrected chi connectivity index (χ2v) is 8.91. The predicted molar refractivity (Wildman–Crippen MR) is 133 cm³/mol. The minimum absolute atomic E-state index is 0.0314. The van der Waals surface area contributed by atoms with E-state index in [2.05, 4.69) is 27.9 Å². The van der Waals surface area contributed by atoms with Crippen LogP contribution in [0.25, 0.3) is 11.0 Å². The van der Waals surface area contributed by atoms with E-state index in [1.54, 1.807) is 25.1 Å². The van der Waals surface area contributed by atoms with Gasteiger partial charge in [-0.15, -0.1) is 0 Å². The summed E-state index contributed by atoms with van der Waals surface area (Å²) in [5, 5.41) is 3.93. The van der Waals surface area contributed by atoms with Gasteiger partial charge >= 0.3 is 0 Å². The molecule has 0 saturated heterocycles. The summed E-state index contributed by atoms with van der Waals surface area (Å²) < 4.78 is 7.57. The Hall–Kier alpha value is -3.32. The lowest BCUT2D eigenvalue weighted by Gasteiger charge is -2.12. The smallest absolute Gasteiger partial charge is 0.251 e. The van der Waals surface area contributed by atoms with E-state index in [9.17, 15) is 4.79 Å². The number of hydrogen-bond acceptors (Lipinski definition) is 5. The maximum absolute atomic E-state index is 12.3. The van der Waals surface area contributed by atoms with Crippen LogP contribution in [-0.4, -0.2) is 33.6 Å². The third-order valence-corrected chi connectivity index (χ3v) is 6.61. The lowest BCUT2D eigenvalue weighted by atomic mass is 10.1. The molecule has 2 aromatic carbocycles. The number of ether oxygens (including phenoxy) is 1. The van der Waals surface area contributed by atoms with E-state index >= 15 is 0 Å². The zero-order valence-corrected chi connectivity index (χ0v) is 19.9. The van der Waals surface area contributed by atoms with Crippen LogP contribution < -0.4 is 10.1 Å². The van der Waals surface area contributed by atoms with Crippen LogP contribution >= 0.6 is 11.8 Å². The number of nitrogens with one attached hydrogen (secondary N) is 1. The van der Waals surface area contributed by atoms with Gasteiger partial charge in [0, 0.05) is 23.6 Å². The van der Waals surface area contributed by atoms with Gasteiger partial charge in [-0.1, -0.05) is 43.0 Å². The molecule has 0 unspecified atom stereocenters. The lowest BCUT2D eigenvalue weighted by Crippen LogP contribution is -2.31. The Kier molecular flexibility index (Phi) is 7.29. The SMILES string of the molecule is CC[C@H](C)NC(=O)c1ccc(CSc2nc3ccncc3n2Cc2cccc(OC)c2)cc1. The first-order valence-electron chi connectivity index (χ1n) is 11.0. The van der Waals surface area contributed by atoms with Crippen molar-refractivity contribution in [3.63, 3.8) is 0 Å². The number of pyridine rings is 1. The van der Waals surface area contributed by atoms with Crippen molar-refractivity contribution in [1.29, 1.82) is 0 Å². The molecule has 0 bridgehead atoms. The maximum Gasteiger partial charge on any atom is 0.251 e. The van der Waals surface area contributed by atoms with Crippen molar-refractivity contribution in [2.45, 2.75) is 43.8 Å². The van der Waals surface area contributed by atoms with Crippen molar-refractivity contribution in [2.24, 2.45) is 0 Å². The standard InChI is InChI=1S/C26H28N4O2S/c1-4-18(2)28-25(31)21-10-8-19(9-11-21)17-33-26-29-23-12-13-27-15-24(23)30(26)16-20-6-5-7-22(14-20)32-3/h5-15,18H,4,16-17H2,1-3H3,(H,28,31)/t18-/m0/s1. The fraction of sp³-hybridized carbons (Fsp3) is 0.269. The number of amides is 1. The largest absolute Gasteiger partial charge is 0.497 e. The Morgan fingerprint density at radius 1 is 1.15 bits per heavy atom. The van der Waals surface area contributed by atoms with E-state index in [-0.39, 0.29) is 11.9 Å². The van der Waals surface area contributed by atoms with Gasteiger partial charge in [-0.3, -0.25) is 9.78 Å². The van der Waals surface area contributed by atoms with Gasteiger partial charge in [0.25, 0.3) is 5.91 Å². The highest BCUT2D eigenvalue weighted by atomic mass is 32.2. The number of benzene rings is 2. The molecular formula is C26H28N4O2S. The Balaban J connectivity index is 1.52. The van der Waals surface area contributed by atoms with Crippen molar-refractivity contribution in [1.82, 2.24) is 19.9 Å². The number of fused-ring (bicyclic) bond motifs is 1. The first-order valence-corrected chi connectivity index (χ1v) is 12.0. The molecule has 4 aromatic rings. The summed E-state index contributed by atoms with van der Waals surface area (Å²) in [5.41, 5.74) is 4.88. The third kappa shape index (κ3) is 5.54. The van der Waals surface area contributed by atoms with Gasteiger partial charge in [0.2, 0.25) is 0 Å². The summed E-state index contributed by atoms with van der Waals surface area (Å²) in [6, 6.07) is 18.0. The fourth-order valence-corrected chi connectivity index (χ4v) is 4.44. The molecule has 1 N–H and O–H groups in total. The minimum atomic E-state index is -0.0314. The number of rotatable bonds is 9. The molecule has 4 rings (SSSR count). The van der Waals surface area contributed by atoms with Crippen LogP contribution in [0.4, 0.5) is 0 Å². The highest BCUT2D eigenvalue weighted by molar-refractivity contribution is 7.98. The number of aromatic nitrogens is 3. The van der Waals surface area contributed by atoms with Gasteiger partial charge in [0.05, 0.1) is 30.9 Å². The first-order chi connectivity index (χ1) is 16.1. The number of thioether (sulfide) groups is 1. The summed E-state index contributed by atoms with van der Waals surface area (Å²) in [4.78, 5) is 21.5. The normalized spacial score (nSPS) is 12.0. The number of hydrogen-bond donors (Lipinski definition) is 1. The zero-order chi connectivity index (χ0) is 23.2. The highest BCUT2D eigenvalue weighted by Crippen LogP contribution is 2.28. The number of carbonyl (C=O) groups is 1. The number of nitrogens with zero attached hydrogens (tertiary/aromatic N) is 3. The molecule has 170 valence electrons. The van der Waals surface area contributed by atoms with Crippen LogP contribution in [0.2, 0.25) is 0 Å². The third-order valence-electron chi connectivity index (χ3n) is 5.56. The number of methoxy groups -OCH3 is 1. The van der Waals surface area contributed by atoms with Crippen LogP contribution in [0.3, 0.4) is 0 Å². The Labute approximate surface area is 198 Å². The summed E-state index contributed by atoms with van der Waals surface area (Å²) in [5.74, 6) is 1.56. The molecule has 0 aliphatic carbocycles. The minimum Gasteiger partial charge on any atom is -0.497 e. The van der Waals surface area contributed by atoms with Crippen molar-refractivity contribution in [3.05, 3.63) is 83.7 Å². The van der Waals surface area contributed by atoms with E-state index in [1.165, 1.54) is 0 Å². The molecule has 0 fully saturated rings. The van der Waals surface area contributed by atoms with Gasteiger partial charge in [-0.25, -0.2) is 4.98 Å². The molecule has 2 heterocycles. The first kappa shape index (κ1) is 22.9. The Morgan fingerprint density at radius 3 is 2.73 bits per heavy atom. The van der Waals surface area contributed by atoms with Crippen molar-refractivity contribution >= 4 is 28.7 Å². The lowest BCUT2D eigenvalue weighted by molar-refractivity contribution is 0.0939. The van der Waals surface area contributed by atoms with E-state index < -0.39 is 0 Å². The fourth-order valence-electron chi connectivity index (χ4n) is 3.47. The van der Waals surface area contributed by atoms with E-state index in [0.717, 1.165) is 45.2 Å². The molecule has 33 heavy (non-hydrogen) atoms. The second kappa shape index (κ2) is 10.5. The van der Waals surface area contributed by atoms with Gasteiger partial charge in [-0.2, -0.15) is 0 Å². The second-order valence-electron chi connectivity index (χ2n) is 7.96. The molecule has 6 nitrogen and oxygen atoms in total. The van der Waals surface area contributed by atoms with Crippen molar-refractivity contribution in [3.8, 4) is 5.75 Å². The van der Waals surface area contributed by atoms with Crippen molar-refractivity contribution in [2.75, 3.05) is 7.11 Å². The van der Waals surface area contributed by atoms with Crippen LogP contribution in [0.5, 0.6) is 5.75 Å². The maximum atomic E-state index is 12.3. The van der Waals surface area contributed by atoms with E-state index in [4.69, 9.17) is 9.72 Å². The Morgan fingerprint density at radius 2 is 1.97 bits per heavy atom. The van der Waals surface area contributed by atoms with Crippen LogP contribution in [-0.2, 0) is 12.3 Å². The summed E-state index contributed by atoms with van der Waals surface area (Å²) in [6.07, 6.45) is 4.53. The van der Waals surface area contributed by atoms with Gasteiger partial charge in [0.1, 0.15) is 5.75 Å². The molecule has 0 aliphatic heterocycles. The van der Waals surface area contributed by atoms with Gasteiger partial charge in [-0.05, 0) is 54.8 Å². The summed E-state index contributed by atoms with van der Waals surface area (Å²) in [6.45, 7) is 4.75. The summed E-state index contributed by atoms with van der Waals surface area (Å²) >= 11 is 1.68. The molecule has 1 amide bonds.